The Balaban J connectivity index is 3.97. The van der Waals surface area contributed by atoms with E-state index < -0.39 is 0 Å². The van der Waals surface area contributed by atoms with E-state index >= 15 is 0 Å². The van der Waals surface area contributed by atoms with Gasteiger partial charge in [-0.15, -0.1) is 0 Å². The van der Waals surface area contributed by atoms with E-state index in [1.807, 2.05) is 6.92 Å². The molecule has 0 aromatic heterocycles. The Labute approximate surface area is 142 Å². The zero-order valence-corrected chi connectivity index (χ0v) is 15.7. The summed E-state index contributed by atoms with van der Waals surface area (Å²) in [5.74, 6) is 1.39. The van der Waals surface area contributed by atoms with Crippen molar-refractivity contribution < 1.29 is 14.2 Å². The predicted molar refractivity (Wildman–Crippen MR) is 96.2 cm³/mol. The van der Waals surface area contributed by atoms with Gasteiger partial charge in [0.2, 0.25) is 0 Å². The summed E-state index contributed by atoms with van der Waals surface area (Å²) >= 11 is 0. The fourth-order valence-electron chi connectivity index (χ4n) is 2.10. The summed E-state index contributed by atoms with van der Waals surface area (Å²) in [6.07, 6.45) is 2.19. The minimum absolute atomic E-state index is 0.296. The molecule has 0 heterocycles. The molecule has 0 aliphatic carbocycles. The highest BCUT2D eigenvalue weighted by molar-refractivity contribution is 5.79. The second kappa shape index (κ2) is 16.0. The van der Waals surface area contributed by atoms with Crippen LogP contribution in [0, 0.1) is 5.92 Å². The van der Waals surface area contributed by atoms with E-state index in [4.69, 9.17) is 14.2 Å². The molecule has 6 heteroatoms. The number of ether oxygens (including phenoxy) is 3. The molecule has 0 rings (SSSR count). The monoisotopic (exact) mass is 331 g/mol. The molecule has 0 spiro atoms. The van der Waals surface area contributed by atoms with Gasteiger partial charge in [0.15, 0.2) is 5.96 Å². The van der Waals surface area contributed by atoms with Gasteiger partial charge >= 0.3 is 0 Å². The van der Waals surface area contributed by atoms with E-state index in [1.165, 1.54) is 0 Å². The average Bonchev–Trinajstić information content (AvgIpc) is 2.52. The van der Waals surface area contributed by atoms with E-state index in [2.05, 4.69) is 36.4 Å². The summed E-state index contributed by atoms with van der Waals surface area (Å²) in [4.78, 5) is 4.56. The third-order valence-corrected chi connectivity index (χ3v) is 3.34. The van der Waals surface area contributed by atoms with Crippen LogP contribution in [-0.4, -0.2) is 65.2 Å². The summed E-state index contributed by atoms with van der Waals surface area (Å²) < 4.78 is 16.1. The SMILES string of the molecule is CCNC(=NCCCOCCOC)NCCC(OCC)C(C)C. The first-order valence-electron chi connectivity index (χ1n) is 8.86. The number of aliphatic imine (C=N–C) groups is 1. The van der Waals surface area contributed by atoms with Crippen molar-refractivity contribution in [2.45, 2.75) is 46.6 Å². The zero-order chi connectivity index (χ0) is 17.3. The van der Waals surface area contributed by atoms with Crippen LogP contribution in [0.5, 0.6) is 0 Å². The molecule has 0 saturated heterocycles. The fraction of sp³-hybridized carbons (Fsp3) is 0.941. The topological polar surface area (TPSA) is 64.1 Å². The second-order valence-electron chi connectivity index (χ2n) is 5.67. The minimum atomic E-state index is 0.296. The first-order chi connectivity index (χ1) is 11.2. The molecule has 0 aromatic rings. The normalized spacial score (nSPS) is 13.4. The van der Waals surface area contributed by atoms with Crippen molar-refractivity contribution in [2.75, 3.05) is 53.2 Å². The standard InChI is InChI=1S/C17H37N3O3/c1-6-18-17(19-10-8-12-22-14-13-21-5)20-11-9-16(15(3)4)23-7-2/h15-16H,6-14H2,1-5H3,(H2,18,19,20). The van der Waals surface area contributed by atoms with Gasteiger partial charge in [-0.25, -0.2) is 0 Å². The smallest absolute Gasteiger partial charge is 0.191 e. The van der Waals surface area contributed by atoms with Crippen LogP contribution in [0.3, 0.4) is 0 Å². The summed E-state index contributed by atoms with van der Waals surface area (Å²) in [7, 11) is 1.68. The Bertz CT molecular complexity index is 286. The van der Waals surface area contributed by atoms with E-state index in [9.17, 15) is 0 Å². The van der Waals surface area contributed by atoms with E-state index in [0.717, 1.165) is 45.0 Å². The van der Waals surface area contributed by atoms with Gasteiger partial charge < -0.3 is 24.8 Å². The van der Waals surface area contributed by atoms with Crippen LogP contribution in [-0.2, 0) is 14.2 Å². The predicted octanol–water partition coefficient (Wildman–Crippen LogP) is 2.05. The molecule has 2 N–H and O–H groups in total. The van der Waals surface area contributed by atoms with Crippen molar-refractivity contribution in [1.82, 2.24) is 10.6 Å². The summed E-state index contributed by atoms with van der Waals surface area (Å²) in [6.45, 7) is 13.7. The first kappa shape index (κ1) is 22.1. The Kier molecular flexibility index (Phi) is 15.4. The molecule has 0 amide bonds. The molecule has 23 heavy (non-hydrogen) atoms. The number of nitrogens with one attached hydrogen (secondary N) is 2. The molecular weight excluding hydrogens is 294 g/mol. The van der Waals surface area contributed by atoms with Gasteiger partial charge in [0.1, 0.15) is 0 Å². The van der Waals surface area contributed by atoms with Gasteiger partial charge in [-0.3, -0.25) is 4.99 Å². The third-order valence-electron chi connectivity index (χ3n) is 3.34. The number of hydrogen-bond donors (Lipinski definition) is 2. The van der Waals surface area contributed by atoms with Crippen LogP contribution in [0.1, 0.15) is 40.5 Å². The molecule has 0 aliphatic heterocycles. The Morgan fingerprint density at radius 2 is 1.87 bits per heavy atom. The third kappa shape index (κ3) is 13.3. The van der Waals surface area contributed by atoms with Crippen LogP contribution in [0.15, 0.2) is 4.99 Å². The fourth-order valence-corrected chi connectivity index (χ4v) is 2.10. The van der Waals surface area contributed by atoms with Crippen molar-refractivity contribution in [2.24, 2.45) is 10.9 Å². The van der Waals surface area contributed by atoms with E-state index in [1.54, 1.807) is 7.11 Å². The maximum atomic E-state index is 5.76. The molecule has 0 saturated carbocycles. The van der Waals surface area contributed by atoms with Crippen molar-refractivity contribution in [3.63, 3.8) is 0 Å². The lowest BCUT2D eigenvalue weighted by atomic mass is 10.0. The van der Waals surface area contributed by atoms with Crippen LogP contribution in [0.25, 0.3) is 0 Å². The van der Waals surface area contributed by atoms with Gasteiger partial charge in [-0.1, -0.05) is 13.8 Å². The van der Waals surface area contributed by atoms with E-state index in [-0.39, 0.29) is 0 Å². The molecule has 0 bridgehead atoms. The lowest BCUT2D eigenvalue weighted by molar-refractivity contribution is 0.0258. The first-order valence-corrected chi connectivity index (χ1v) is 8.86. The number of methoxy groups -OCH3 is 1. The Hall–Kier alpha value is -0.850. The van der Waals surface area contributed by atoms with Crippen LogP contribution < -0.4 is 10.6 Å². The molecule has 6 nitrogen and oxygen atoms in total. The lowest BCUT2D eigenvalue weighted by Crippen LogP contribution is -2.39. The number of rotatable bonds is 14. The molecule has 0 radical (unpaired) electrons. The zero-order valence-electron chi connectivity index (χ0n) is 15.7. The Morgan fingerprint density at radius 1 is 1.09 bits per heavy atom. The van der Waals surface area contributed by atoms with Gasteiger partial charge in [0, 0.05) is 40.0 Å². The largest absolute Gasteiger partial charge is 0.382 e. The van der Waals surface area contributed by atoms with Gasteiger partial charge in [0.05, 0.1) is 19.3 Å². The van der Waals surface area contributed by atoms with Gasteiger partial charge in [-0.05, 0) is 32.6 Å². The minimum Gasteiger partial charge on any atom is -0.382 e. The second-order valence-corrected chi connectivity index (χ2v) is 5.67. The Morgan fingerprint density at radius 3 is 2.48 bits per heavy atom. The van der Waals surface area contributed by atoms with Crippen LogP contribution in [0.2, 0.25) is 0 Å². The van der Waals surface area contributed by atoms with E-state index in [0.29, 0.717) is 31.8 Å². The molecular formula is C17H37N3O3. The maximum absolute atomic E-state index is 5.76. The quantitative estimate of drug-likeness (QED) is 0.290. The average molecular weight is 332 g/mol. The molecule has 138 valence electrons. The van der Waals surface area contributed by atoms with Crippen LogP contribution in [0.4, 0.5) is 0 Å². The van der Waals surface area contributed by atoms with Crippen molar-refractivity contribution >= 4 is 5.96 Å². The highest BCUT2D eigenvalue weighted by Gasteiger charge is 2.12. The molecule has 0 aromatic carbocycles. The van der Waals surface area contributed by atoms with Crippen molar-refractivity contribution in [1.29, 1.82) is 0 Å². The van der Waals surface area contributed by atoms with Crippen LogP contribution >= 0.6 is 0 Å². The molecule has 1 unspecified atom stereocenters. The molecule has 0 fully saturated rings. The molecule has 1 atom stereocenters. The highest BCUT2D eigenvalue weighted by Crippen LogP contribution is 2.09. The number of guanidine groups is 1. The highest BCUT2D eigenvalue weighted by atomic mass is 16.5. The maximum Gasteiger partial charge on any atom is 0.191 e. The summed E-state index contributed by atoms with van der Waals surface area (Å²) in [5.41, 5.74) is 0. The van der Waals surface area contributed by atoms with Gasteiger partial charge in [0.25, 0.3) is 0 Å². The van der Waals surface area contributed by atoms with Crippen molar-refractivity contribution in [3.8, 4) is 0 Å². The molecule has 0 aliphatic rings. The van der Waals surface area contributed by atoms with Crippen molar-refractivity contribution in [3.05, 3.63) is 0 Å². The lowest BCUT2D eigenvalue weighted by Gasteiger charge is -2.21. The summed E-state index contributed by atoms with van der Waals surface area (Å²) in [6, 6.07) is 0. The van der Waals surface area contributed by atoms with Gasteiger partial charge in [-0.2, -0.15) is 0 Å². The number of nitrogens with zero attached hydrogens (tertiary/aromatic N) is 1. The number of hydrogen-bond acceptors (Lipinski definition) is 4. The summed E-state index contributed by atoms with van der Waals surface area (Å²) in [5, 5.41) is 6.64.